The lowest BCUT2D eigenvalue weighted by atomic mass is 10.2. The van der Waals surface area contributed by atoms with E-state index in [9.17, 15) is 4.79 Å². The van der Waals surface area contributed by atoms with E-state index >= 15 is 0 Å². The van der Waals surface area contributed by atoms with Gasteiger partial charge in [0, 0.05) is 6.42 Å². The van der Waals surface area contributed by atoms with Gasteiger partial charge in [0.2, 0.25) is 5.91 Å². The van der Waals surface area contributed by atoms with Crippen molar-refractivity contribution < 1.29 is 19.0 Å². The third kappa shape index (κ3) is 5.77. The van der Waals surface area contributed by atoms with Crippen LogP contribution >= 0.6 is 0 Å². The highest BCUT2D eigenvalue weighted by molar-refractivity contribution is 5.92. The van der Waals surface area contributed by atoms with Crippen molar-refractivity contribution in [3.63, 3.8) is 0 Å². The predicted molar refractivity (Wildman–Crippen MR) is 109 cm³/mol. The summed E-state index contributed by atoms with van der Waals surface area (Å²) < 4.78 is 16.6. The van der Waals surface area contributed by atoms with Gasteiger partial charge in [-0.2, -0.15) is 0 Å². The fourth-order valence-electron chi connectivity index (χ4n) is 2.58. The minimum Gasteiger partial charge on any atom is -0.497 e. The molecule has 0 saturated carbocycles. The average molecular weight is 377 g/mol. The maximum atomic E-state index is 12.3. The van der Waals surface area contributed by atoms with Gasteiger partial charge in [-0.1, -0.05) is 30.3 Å². The summed E-state index contributed by atoms with van der Waals surface area (Å²) in [6, 6.07) is 24.2. The summed E-state index contributed by atoms with van der Waals surface area (Å²) in [6.07, 6.45) is 0.968. The van der Waals surface area contributed by atoms with Crippen molar-refractivity contribution in [1.82, 2.24) is 0 Å². The van der Waals surface area contributed by atoms with Crippen LogP contribution in [0.3, 0.4) is 0 Å². The van der Waals surface area contributed by atoms with E-state index in [0.29, 0.717) is 30.9 Å². The number of nitrogens with one attached hydrogen (secondary N) is 1. The lowest BCUT2D eigenvalue weighted by Crippen LogP contribution is -2.13. The van der Waals surface area contributed by atoms with Gasteiger partial charge in [-0.3, -0.25) is 4.79 Å². The Bertz CT molecular complexity index is 879. The highest BCUT2D eigenvalue weighted by atomic mass is 16.5. The maximum Gasteiger partial charge on any atom is 0.224 e. The molecule has 0 radical (unpaired) electrons. The van der Waals surface area contributed by atoms with Crippen LogP contribution in [-0.2, 0) is 4.79 Å². The predicted octanol–water partition coefficient (Wildman–Crippen LogP) is 5.29. The molecular weight excluding hydrogens is 354 g/mol. The van der Waals surface area contributed by atoms with Crippen molar-refractivity contribution in [2.75, 3.05) is 19.0 Å². The molecule has 28 heavy (non-hydrogen) atoms. The van der Waals surface area contributed by atoms with Crippen LogP contribution in [0.1, 0.15) is 12.8 Å². The molecular formula is C23H23NO4. The number of carbonyl (C=O) groups excluding carboxylic acids is 1. The quantitative estimate of drug-likeness (QED) is 0.515. The van der Waals surface area contributed by atoms with Crippen LogP contribution in [0.2, 0.25) is 0 Å². The van der Waals surface area contributed by atoms with E-state index in [0.717, 1.165) is 17.2 Å². The Hall–Kier alpha value is -3.47. The van der Waals surface area contributed by atoms with E-state index in [2.05, 4.69) is 5.32 Å². The highest BCUT2D eigenvalue weighted by Gasteiger charge is 2.08. The van der Waals surface area contributed by atoms with Crippen LogP contribution in [0.25, 0.3) is 0 Å². The molecule has 1 N–H and O–H groups in total. The van der Waals surface area contributed by atoms with Gasteiger partial charge >= 0.3 is 0 Å². The van der Waals surface area contributed by atoms with Gasteiger partial charge in [0.05, 0.1) is 19.4 Å². The number of ether oxygens (including phenoxy) is 3. The van der Waals surface area contributed by atoms with Crippen molar-refractivity contribution in [2.45, 2.75) is 12.8 Å². The molecule has 0 aliphatic carbocycles. The first kappa shape index (κ1) is 19.3. The molecule has 3 aromatic rings. The van der Waals surface area contributed by atoms with Gasteiger partial charge in [-0.05, 0) is 55.0 Å². The summed E-state index contributed by atoms with van der Waals surface area (Å²) in [5.74, 6) is 2.78. The summed E-state index contributed by atoms with van der Waals surface area (Å²) in [5, 5.41) is 2.91. The van der Waals surface area contributed by atoms with Gasteiger partial charge in [-0.25, -0.2) is 0 Å². The van der Waals surface area contributed by atoms with Gasteiger partial charge in [0.15, 0.2) is 5.75 Å². The minimum atomic E-state index is -0.0811. The van der Waals surface area contributed by atoms with Crippen molar-refractivity contribution in [2.24, 2.45) is 0 Å². The Morgan fingerprint density at radius 2 is 1.50 bits per heavy atom. The zero-order chi connectivity index (χ0) is 19.6. The fourth-order valence-corrected chi connectivity index (χ4v) is 2.58. The summed E-state index contributed by atoms with van der Waals surface area (Å²) in [6.45, 7) is 0.460. The second-order valence-electron chi connectivity index (χ2n) is 6.09. The number of rotatable bonds is 9. The Kier molecular flexibility index (Phi) is 6.90. The molecule has 0 heterocycles. The number of carbonyl (C=O) groups is 1. The van der Waals surface area contributed by atoms with Crippen molar-refractivity contribution in [1.29, 1.82) is 0 Å². The first-order chi connectivity index (χ1) is 13.7. The molecule has 0 bridgehead atoms. The smallest absolute Gasteiger partial charge is 0.224 e. The molecule has 144 valence electrons. The molecule has 0 aromatic heterocycles. The second-order valence-corrected chi connectivity index (χ2v) is 6.09. The summed E-state index contributed by atoms with van der Waals surface area (Å²) in [5.41, 5.74) is 0.646. The number of amides is 1. The van der Waals surface area contributed by atoms with Gasteiger partial charge in [0.1, 0.15) is 17.2 Å². The highest BCUT2D eigenvalue weighted by Crippen LogP contribution is 2.29. The second kappa shape index (κ2) is 10.0. The molecule has 3 rings (SSSR count). The summed E-state index contributed by atoms with van der Waals surface area (Å²) in [7, 11) is 1.62. The van der Waals surface area contributed by atoms with Crippen LogP contribution in [-0.4, -0.2) is 19.6 Å². The van der Waals surface area contributed by atoms with E-state index in [1.807, 2.05) is 78.9 Å². The molecule has 0 saturated heterocycles. The fraction of sp³-hybridized carbons (Fsp3) is 0.174. The van der Waals surface area contributed by atoms with Crippen molar-refractivity contribution >= 4 is 11.6 Å². The van der Waals surface area contributed by atoms with Crippen LogP contribution in [0.4, 0.5) is 5.69 Å². The van der Waals surface area contributed by atoms with Gasteiger partial charge < -0.3 is 19.5 Å². The molecule has 5 nitrogen and oxygen atoms in total. The lowest BCUT2D eigenvalue weighted by molar-refractivity contribution is -0.116. The summed E-state index contributed by atoms with van der Waals surface area (Å²) >= 11 is 0. The van der Waals surface area contributed by atoms with Crippen LogP contribution in [0, 0.1) is 0 Å². The molecule has 1 amide bonds. The van der Waals surface area contributed by atoms with E-state index in [4.69, 9.17) is 14.2 Å². The lowest BCUT2D eigenvalue weighted by Gasteiger charge is -2.12. The largest absolute Gasteiger partial charge is 0.497 e. The number of hydrogen-bond acceptors (Lipinski definition) is 4. The molecule has 0 unspecified atom stereocenters. The molecule has 3 aromatic carbocycles. The van der Waals surface area contributed by atoms with Crippen LogP contribution < -0.4 is 19.5 Å². The van der Waals surface area contributed by atoms with Crippen molar-refractivity contribution in [3.8, 4) is 23.0 Å². The van der Waals surface area contributed by atoms with E-state index in [1.165, 1.54) is 0 Å². The number of para-hydroxylation sites is 3. The van der Waals surface area contributed by atoms with Crippen LogP contribution in [0.5, 0.6) is 23.0 Å². The zero-order valence-electron chi connectivity index (χ0n) is 15.8. The molecule has 0 aliphatic rings. The minimum absolute atomic E-state index is 0.0811. The zero-order valence-corrected chi connectivity index (χ0v) is 15.8. The third-order valence-corrected chi connectivity index (χ3v) is 4.01. The van der Waals surface area contributed by atoms with E-state index in [1.54, 1.807) is 7.11 Å². The van der Waals surface area contributed by atoms with Crippen molar-refractivity contribution in [3.05, 3.63) is 78.9 Å². The normalized spacial score (nSPS) is 10.2. The van der Waals surface area contributed by atoms with Crippen LogP contribution in [0.15, 0.2) is 78.9 Å². The average Bonchev–Trinajstić information content (AvgIpc) is 2.74. The number of benzene rings is 3. The van der Waals surface area contributed by atoms with Gasteiger partial charge in [0.25, 0.3) is 0 Å². The van der Waals surface area contributed by atoms with E-state index < -0.39 is 0 Å². The Labute approximate surface area is 164 Å². The standard InChI is InChI=1S/C23H23NO4/c1-26-18-13-15-19(16-14-18)27-17-7-12-23(25)24-21-10-5-6-11-22(21)28-20-8-3-2-4-9-20/h2-6,8-11,13-16H,7,12,17H2,1H3,(H,24,25). The maximum absolute atomic E-state index is 12.3. The third-order valence-electron chi connectivity index (χ3n) is 4.01. The topological polar surface area (TPSA) is 56.8 Å². The monoisotopic (exact) mass is 377 g/mol. The SMILES string of the molecule is COc1ccc(OCCCC(=O)Nc2ccccc2Oc2ccccc2)cc1. The summed E-state index contributed by atoms with van der Waals surface area (Å²) in [4.78, 5) is 12.3. The molecule has 0 aliphatic heterocycles. The van der Waals surface area contributed by atoms with E-state index in [-0.39, 0.29) is 5.91 Å². The Balaban J connectivity index is 1.47. The Morgan fingerprint density at radius 3 is 2.25 bits per heavy atom. The molecule has 5 heteroatoms. The molecule has 0 atom stereocenters. The Morgan fingerprint density at radius 1 is 0.821 bits per heavy atom. The number of anilines is 1. The van der Waals surface area contributed by atoms with Gasteiger partial charge in [-0.15, -0.1) is 0 Å². The first-order valence-electron chi connectivity index (χ1n) is 9.13. The number of hydrogen-bond donors (Lipinski definition) is 1. The number of methoxy groups -OCH3 is 1. The first-order valence-corrected chi connectivity index (χ1v) is 9.13. The molecule has 0 spiro atoms. The molecule has 0 fully saturated rings.